The van der Waals surface area contributed by atoms with Crippen LogP contribution in [-0.4, -0.2) is 34.9 Å². The molecule has 0 rings (SSSR count). The van der Waals surface area contributed by atoms with E-state index in [4.69, 9.17) is 0 Å². The summed E-state index contributed by atoms with van der Waals surface area (Å²) in [4.78, 5) is 12.5. The van der Waals surface area contributed by atoms with Gasteiger partial charge in [-0.2, -0.15) is 0 Å². The molecule has 0 aliphatic rings. The van der Waals surface area contributed by atoms with Crippen LogP contribution in [0.3, 0.4) is 0 Å². The molecule has 0 radical (unpaired) electrons. The highest BCUT2D eigenvalue weighted by Crippen LogP contribution is 2.19. The Balaban J connectivity index is 3.46. The van der Waals surface area contributed by atoms with Crippen LogP contribution < -0.4 is 5.32 Å². The first-order chi connectivity index (χ1) is 40.7. The van der Waals surface area contributed by atoms with Gasteiger partial charge in [0.1, 0.15) is 0 Å². The lowest BCUT2D eigenvalue weighted by molar-refractivity contribution is -0.123. The van der Waals surface area contributed by atoms with Crippen LogP contribution in [0.5, 0.6) is 0 Å². The van der Waals surface area contributed by atoms with Gasteiger partial charge in [-0.3, -0.25) is 4.79 Å². The zero-order chi connectivity index (χ0) is 59.1. The van der Waals surface area contributed by atoms with Crippen molar-refractivity contribution < 1.29 is 15.0 Å². The molecule has 0 saturated carbocycles. The van der Waals surface area contributed by atoms with Crippen LogP contribution in [0.2, 0.25) is 0 Å². The van der Waals surface area contributed by atoms with Gasteiger partial charge in [0.2, 0.25) is 5.91 Å². The number of hydrogen-bond acceptors (Lipinski definition) is 3. The van der Waals surface area contributed by atoms with Crippen molar-refractivity contribution in [2.45, 2.75) is 386 Å². The van der Waals surface area contributed by atoms with Crippen molar-refractivity contribution in [1.29, 1.82) is 0 Å². The van der Waals surface area contributed by atoms with Crippen LogP contribution >= 0.6 is 0 Å². The lowest BCUT2D eigenvalue weighted by atomic mass is 10.0. The fourth-order valence-electron chi connectivity index (χ4n) is 11.1. The SMILES string of the molecule is CC/C=C\C/C=C\C/C=C\C/C=C\C/C=C\C/C=C\CCCCCCCCCCCCCCCCCCCCCCCCC(=O)NC(CO)C(O)/C=C/CC/C=C/CCCCCCCCCCCCCCCCCCCCCCCCC. The smallest absolute Gasteiger partial charge is 0.220 e. The first-order valence-corrected chi connectivity index (χ1v) is 36.5. The number of carbonyl (C=O) groups excluding carboxylic acids is 1. The average molecular weight is 1140 g/mol. The Hall–Kier alpha value is -2.69. The van der Waals surface area contributed by atoms with Crippen molar-refractivity contribution >= 4 is 5.91 Å². The molecule has 3 N–H and O–H groups in total. The number of allylic oxidation sites excluding steroid dienone is 15. The summed E-state index contributed by atoms with van der Waals surface area (Å²) in [6, 6.07) is -0.643. The number of aliphatic hydroxyl groups is 2. The highest BCUT2D eigenvalue weighted by molar-refractivity contribution is 5.76. The third-order valence-electron chi connectivity index (χ3n) is 16.6. The van der Waals surface area contributed by atoms with Gasteiger partial charge in [0.25, 0.3) is 0 Å². The van der Waals surface area contributed by atoms with Crippen LogP contribution in [0.25, 0.3) is 0 Å². The molecule has 0 aromatic heterocycles. The third-order valence-corrected chi connectivity index (χ3v) is 16.6. The van der Waals surface area contributed by atoms with Gasteiger partial charge in [-0.1, -0.05) is 381 Å². The maximum Gasteiger partial charge on any atom is 0.220 e. The second-order valence-corrected chi connectivity index (χ2v) is 24.6. The Kier molecular flexibility index (Phi) is 70.2. The highest BCUT2D eigenvalue weighted by atomic mass is 16.3. The monoisotopic (exact) mass is 1140 g/mol. The van der Waals surface area contributed by atoms with Crippen molar-refractivity contribution in [3.63, 3.8) is 0 Å². The van der Waals surface area contributed by atoms with Gasteiger partial charge in [-0.05, 0) is 83.5 Å². The summed E-state index contributed by atoms with van der Waals surface area (Å²) >= 11 is 0. The van der Waals surface area contributed by atoms with Crippen LogP contribution in [0.1, 0.15) is 373 Å². The van der Waals surface area contributed by atoms with Crippen molar-refractivity contribution in [2.24, 2.45) is 0 Å². The Morgan fingerprint density at radius 2 is 0.549 bits per heavy atom. The third kappa shape index (κ3) is 68.1. The van der Waals surface area contributed by atoms with Gasteiger partial charge in [-0.25, -0.2) is 0 Å². The fourth-order valence-corrected chi connectivity index (χ4v) is 11.1. The molecule has 2 atom stereocenters. The Morgan fingerprint density at radius 3 is 0.854 bits per heavy atom. The van der Waals surface area contributed by atoms with E-state index in [-0.39, 0.29) is 12.5 Å². The molecule has 2 unspecified atom stereocenters. The van der Waals surface area contributed by atoms with E-state index in [0.29, 0.717) is 6.42 Å². The zero-order valence-electron chi connectivity index (χ0n) is 55.0. The van der Waals surface area contributed by atoms with E-state index >= 15 is 0 Å². The average Bonchev–Trinajstić information content (AvgIpc) is 3.50. The van der Waals surface area contributed by atoms with Crippen LogP contribution in [0, 0.1) is 0 Å². The molecule has 82 heavy (non-hydrogen) atoms. The highest BCUT2D eigenvalue weighted by Gasteiger charge is 2.18. The van der Waals surface area contributed by atoms with E-state index in [0.717, 1.165) is 70.6 Å². The molecule has 476 valence electrons. The predicted molar refractivity (Wildman–Crippen MR) is 368 cm³/mol. The minimum absolute atomic E-state index is 0.0687. The van der Waals surface area contributed by atoms with Crippen molar-refractivity contribution in [2.75, 3.05) is 6.61 Å². The van der Waals surface area contributed by atoms with E-state index in [9.17, 15) is 15.0 Å². The molecule has 0 heterocycles. The van der Waals surface area contributed by atoms with Crippen LogP contribution in [0.15, 0.2) is 97.2 Å². The molecule has 1 amide bonds. The maximum atomic E-state index is 12.5. The maximum absolute atomic E-state index is 12.5. The molecule has 0 bridgehead atoms. The Labute approximate surface area is 513 Å². The molecular formula is C78H141NO3. The molecule has 0 aromatic carbocycles. The van der Waals surface area contributed by atoms with Crippen molar-refractivity contribution in [3.8, 4) is 0 Å². The van der Waals surface area contributed by atoms with Crippen LogP contribution in [-0.2, 0) is 4.79 Å². The lowest BCUT2D eigenvalue weighted by Crippen LogP contribution is -2.45. The number of rotatable bonds is 67. The van der Waals surface area contributed by atoms with E-state index in [2.05, 4.69) is 104 Å². The van der Waals surface area contributed by atoms with Gasteiger partial charge in [0.05, 0.1) is 18.8 Å². The largest absolute Gasteiger partial charge is 0.394 e. The summed E-state index contributed by atoms with van der Waals surface area (Å²) in [5, 5.41) is 23.3. The summed E-state index contributed by atoms with van der Waals surface area (Å²) < 4.78 is 0. The van der Waals surface area contributed by atoms with Gasteiger partial charge in [0.15, 0.2) is 0 Å². The minimum Gasteiger partial charge on any atom is -0.394 e. The molecule has 0 aromatic rings. The normalized spacial score (nSPS) is 13.3. The standard InChI is InChI=1S/C78H141NO3/c1-3-5-7-9-11-13-15-17-19-21-23-25-27-29-31-33-34-35-36-37-38-39-40-41-42-43-44-46-48-50-52-54-56-58-60-62-64-66-68-70-72-74-78(82)79-76(75-80)77(81)73-71-69-67-65-63-61-59-57-55-53-51-49-47-45-32-30-28-26-24-22-20-18-16-14-12-10-8-6-4-2/h5,7,11,13,17,19,23,25,29,31,34-35,63,65,71,73,76-77,80-81H,3-4,6,8-10,12,14-16,18,20-22,24,26-28,30,32-33,36-62,64,66-70,72,74-75H2,1-2H3,(H,79,82)/b7-5-,13-11-,19-17-,25-23-,31-29-,35-34-,65-63+,73-71+. The molecule has 0 spiro atoms. The fraction of sp³-hybridized carbons (Fsp3) is 0.782. The second kappa shape index (κ2) is 72.6. The zero-order valence-corrected chi connectivity index (χ0v) is 55.0. The summed E-state index contributed by atoms with van der Waals surface area (Å²) in [6.07, 6.45) is 108. The predicted octanol–water partition coefficient (Wildman–Crippen LogP) is 25.2. The van der Waals surface area contributed by atoms with Crippen molar-refractivity contribution in [1.82, 2.24) is 5.32 Å². The Bertz CT molecular complexity index is 1480. The van der Waals surface area contributed by atoms with E-state index in [1.165, 1.54) is 283 Å². The van der Waals surface area contributed by atoms with Gasteiger partial charge in [-0.15, -0.1) is 0 Å². The summed E-state index contributed by atoms with van der Waals surface area (Å²) in [6.45, 7) is 4.22. The quantitative estimate of drug-likeness (QED) is 0.0420. The molecule has 0 saturated heterocycles. The summed E-state index contributed by atoms with van der Waals surface area (Å²) in [5.41, 5.74) is 0. The number of amides is 1. The van der Waals surface area contributed by atoms with E-state index < -0.39 is 12.1 Å². The molecule has 4 heteroatoms. The Morgan fingerprint density at radius 1 is 0.305 bits per heavy atom. The van der Waals surface area contributed by atoms with Crippen LogP contribution in [0.4, 0.5) is 0 Å². The number of carbonyl (C=O) groups is 1. The van der Waals surface area contributed by atoms with E-state index in [1.807, 2.05) is 6.08 Å². The number of aliphatic hydroxyl groups excluding tert-OH is 2. The first kappa shape index (κ1) is 79.3. The van der Waals surface area contributed by atoms with Gasteiger partial charge < -0.3 is 15.5 Å². The molecular weight excluding hydrogens is 999 g/mol. The van der Waals surface area contributed by atoms with Crippen molar-refractivity contribution in [3.05, 3.63) is 97.2 Å². The second-order valence-electron chi connectivity index (χ2n) is 24.6. The topological polar surface area (TPSA) is 69.6 Å². The number of nitrogens with one attached hydrogen (secondary N) is 1. The van der Waals surface area contributed by atoms with Gasteiger partial charge in [0, 0.05) is 6.42 Å². The molecule has 4 nitrogen and oxygen atoms in total. The lowest BCUT2D eigenvalue weighted by Gasteiger charge is -2.19. The molecule has 0 fully saturated rings. The minimum atomic E-state index is -0.866. The van der Waals surface area contributed by atoms with E-state index in [1.54, 1.807) is 6.08 Å². The van der Waals surface area contributed by atoms with Gasteiger partial charge >= 0.3 is 0 Å². The summed E-state index contributed by atoms with van der Waals surface area (Å²) in [5.74, 6) is -0.0687. The number of hydrogen-bond donors (Lipinski definition) is 3. The number of unbranched alkanes of at least 4 members (excludes halogenated alkanes) is 46. The molecule has 0 aliphatic carbocycles. The summed E-state index contributed by atoms with van der Waals surface area (Å²) in [7, 11) is 0. The first-order valence-electron chi connectivity index (χ1n) is 36.5. The molecule has 0 aliphatic heterocycles.